The van der Waals surface area contributed by atoms with E-state index in [1.807, 2.05) is 6.92 Å². The predicted octanol–water partition coefficient (Wildman–Crippen LogP) is 1.64. The molecule has 88 valence electrons. The molecule has 0 aromatic heterocycles. The number of anilines is 1. The fourth-order valence-corrected chi connectivity index (χ4v) is 1.34. The molecule has 0 fully saturated rings. The molecule has 0 atom stereocenters. The fraction of sp³-hybridized carbons (Fsp3) is 0.417. The molecule has 0 aliphatic carbocycles. The lowest BCUT2D eigenvalue weighted by atomic mass is 10.2. The first-order valence-electron chi connectivity index (χ1n) is 5.43. The van der Waals surface area contributed by atoms with Gasteiger partial charge in [-0.05, 0) is 37.2 Å². The predicted molar refractivity (Wildman–Crippen MR) is 64.6 cm³/mol. The number of carbonyl (C=O) groups excluding carboxylic acids is 1. The van der Waals surface area contributed by atoms with Crippen LogP contribution in [0.25, 0.3) is 0 Å². The third-order valence-corrected chi connectivity index (χ3v) is 2.26. The molecule has 0 radical (unpaired) electrons. The maximum atomic E-state index is 11.5. The lowest BCUT2D eigenvalue weighted by Crippen LogP contribution is -2.21. The van der Waals surface area contributed by atoms with E-state index in [9.17, 15) is 9.90 Å². The molecule has 0 saturated carbocycles. The Kier molecular flexibility index (Phi) is 4.79. The normalized spacial score (nSPS) is 10.1. The average molecular weight is 222 g/mol. The van der Waals surface area contributed by atoms with Crippen molar-refractivity contribution in [1.29, 1.82) is 0 Å². The highest BCUT2D eigenvalue weighted by atomic mass is 16.3. The van der Waals surface area contributed by atoms with Crippen LogP contribution in [0, 0.1) is 6.92 Å². The SMILES string of the molecule is CCNCCC(=O)Nc1ccc(O)c(C)c1. The lowest BCUT2D eigenvalue weighted by molar-refractivity contribution is -0.116. The van der Waals surface area contributed by atoms with Crippen LogP contribution >= 0.6 is 0 Å². The molecule has 4 nitrogen and oxygen atoms in total. The van der Waals surface area contributed by atoms with Crippen LogP contribution in [-0.4, -0.2) is 24.1 Å². The van der Waals surface area contributed by atoms with Gasteiger partial charge >= 0.3 is 0 Å². The fourth-order valence-electron chi connectivity index (χ4n) is 1.34. The van der Waals surface area contributed by atoms with E-state index in [0.717, 1.165) is 17.8 Å². The van der Waals surface area contributed by atoms with Crippen molar-refractivity contribution in [2.24, 2.45) is 0 Å². The van der Waals surface area contributed by atoms with E-state index in [-0.39, 0.29) is 11.7 Å². The van der Waals surface area contributed by atoms with E-state index in [1.165, 1.54) is 0 Å². The summed E-state index contributed by atoms with van der Waals surface area (Å²) in [6.07, 6.45) is 0.452. The zero-order chi connectivity index (χ0) is 12.0. The lowest BCUT2D eigenvalue weighted by Gasteiger charge is -2.07. The molecule has 0 spiro atoms. The third-order valence-electron chi connectivity index (χ3n) is 2.26. The molecule has 3 N–H and O–H groups in total. The van der Waals surface area contributed by atoms with Crippen LogP contribution in [0.15, 0.2) is 18.2 Å². The van der Waals surface area contributed by atoms with Crippen molar-refractivity contribution in [2.75, 3.05) is 18.4 Å². The Bertz CT molecular complexity index is 364. The van der Waals surface area contributed by atoms with Gasteiger partial charge in [0.05, 0.1) is 0 Å². The van der Waals surface area contributed by atoms with Crippen molar-refractivity contribution in [3.8, 4) is 5.75 Å². The van der Waals surface area contributed by atoms with Crippen LogP contribution in [-0.2, 0) is 4.79 Å². The highest BCUT2D eigenvalue weighted by molar-refractivity contribution is 5.91. The van der Waals surface area contributed by atoms with Crippen molar-refractivity contribution in [2.45, 2.75) is 20.3 Å². The number of phenolic OH excluding ortho intramolecular Hbond substituents is 1. The van der Waals surface area contributed by atoms with Gasteiger partial charge in [-0.25, -0.2) is 0 Å². The summed E-state index contributed by atoms with van der Waals surface area (Å²) in [5.74, 6) is 0.219. The summed E-state index contributed by atoms with van der Waals surface area (Å²) in [6.45, 7) is 5.34. The van der Waals surface area contributed by atoms with Crippen molar-refractivity contribution >= 4 is 11.6 Å². The Labute approximate surface area is 95.7 Å². The van der Waals surface area contributed by atoms with E-state index in [0.29, 0.717) is 13.0 Å². The van der Waals surface area contributed by atoms with Gasteiger partial charge in [-0.2, -0.15) is 0 Å². The topological polar surface area (TPSA) is 61.4 Å². The first kappa shape index (κ1) is 12.5. The number of benzene rings is 1. The standard InChI is InChI=1S/C12H18N2O2/c1-3-13-7-6-12(16)14-10-4-5-11(15)9(2)8-10/h4-5,8,13,15H,3,6-7H2,1-2H3,(H,14,16). The second kappa shape index (κ2) is 6.12. The summed E-state index contributed by atoms with van der Waals surface area (Å²) in [5, 5.41) is 15.2. The van der Waals surface area contributed by atoms with E-state index < -0.39 is 0 Å². The number of nitrogens with one attached hydrogen (secondary N) is 2. The Morgan fingerprint density at radius 3 is 2.81 bits per heavy atom. The molecule has 0 aliphatic rings. The van der Waals surface area contributed by atoms with E-state index in [4.69, 9.17) is 0 Å². The number of phenols is 1. The average Bonchev–Trinajstić information content (AvgIpc) is 2.24. The van der Waals surface area contributed by atoms with Crippen molar-refractivity contribution in [3.05, 3.63) is 23.8 Å². The summed E-state index contributed by atoms with van der Waals surface area (Å²) < 4.78 is 0. The van der Waals surface area contributed by atoms with Gasteiger partial charge in [0.2, 0.25) is 5.91 Å². The molecule has 0 heterocycles. The molecule has 4 heteroatoms. The highest BCUT2D eigenvalue weighted by Gasteiger charge is 2.03. The van der Waals surface area contributed by atoms with Crippen molar-refractivity contribution in [3.63, 3.8) is 0 Å². The molecule has 0 unspecified atom stereocenters. The van der Waals surface area contributed by atoms with Crippen molar-refractivity contribution < 1.29 is 9.90 Å². The van der Waals surface area contributed by atoms with Gasteiger partial charge in [0.15, 0.2) is 0 Å². The van der Waals surface area contributed by atoms with E-state index in [1.54, 1.807) is 25.1 Å². The zero-order valence-corrected chi connectivity index (χ0v) is 9.71. The quantitative estimate of drug-likeness (QED) is 0.524. The first-order valence-corrected chi connectivity index (χ1v) is 5.43. The van der Waals surface area contributed by atoms with Gasteiger partial charge in [-0.3, -0.25) is 4.79 Å². The van der Waals surface area contributed by atoms with Gasteiger partial charge in [0.25, 0.3) is 0 Å². The summed E-state index contributed by atoms with van der Waals surface area (Å²) in [6, 6.07) is 5.02. The molecule has 0 saturated heterocycles. The summed E-state index contributed by atoms with van der Waals surface area (Å²) in [7, 11) is 0. The monoisotopic (exact) mass is 222 g/mol. The Morgan fingerprint density at radius 2 is 2.19 bits per heavy atom. The molecule has 1 aromatic rings. The number of amides is 1. The van der Waals surface area contributed by atoms with Gasteiger partial charge in [0, 0.05) is 18.7 Å². The number of aryl methyl sites for hydroxylation is 1. The number of hydrogen-bond acceptors (Lipinski definition) is 3. The Morgan fingerprint density at radius 1 is 1.44 bits per heavy atom. The van der Waals surface area contributed by atoms with E-state index in [2.05, 4.69) is 10.6 Å². The van der Waals surface area contributed by atoms with Crippen LogP contribution in [0.1, 0.15) is 18.9 Å². The molecular weight excluding hydrogens is 204 g/mol. The molecule has 0 bridgehead atoms. The van der Waals surface area contributed by atoms with Crippen LogP contribution in [0.5, 0.6) is 5.75 Å². The molecular formula is C12H18N2O2. The number of aromatic hydroxyl groups is 1. The van der Waals surface area contributed by atoms with Crippen LogP contribution in [0.2, 0.25) is 0 Å². The maximum Gasteiger partial charge on any atom is 0.225 e. The minimum Gasteiger partial charge on any atom is -0.508 e. The second-order valence-corrected chi connectivity index (χ2v) is 3.65. The highest BCUT2D eigenvalue weighted by Crippen LogP contribution is 2.19. The molecule has 1 amide bonds. The van der Waals surface area contributed by atoms with Crippen LogP contribution < -0.4 is 10.6 Å². The summed E-state index contributed by atoms with van der Waals surface area (Å²) >= 11 is 0. The smallest absolute Gasteiger partial charge is 0.225 e. The largest absolute Gasteiger partial charge is 0.508 e. The molecule has 16 heavy (non-hydrogen) atoms. The van der Waals surface area contributed by atoms with Gasteiger partial charge < -0.3 is 15.7 Å². The summed E-state index contributed by atoms with van der Waals surface area (Å²) in [4.78, 5) is 11.5. The molecule has 1 rings (SSSR count). The Hall–Kier alpha value is -1.55. The molecule has 0 aliphatic heterocycles. The molecule has 1 aromatic carbocycles. The van der Waals surface area contributed by atoms with Gasteiger partial charge in [-0.15, -0.1) is 0 Å². The first-order chi connectivity index (χ1) is 7.63. The number of hydrogen-bond donors (Lipinski definition) is 3. The minimum atomic E-state index is -0.0222. The van der Waals surface area contributed by atoms with Crippen LogP contribution in [0.4, 0.5) is 5.69 Å². The van der Waals surface area contributed by atoms with E-state index >= 15 is 0 Å². The van der Waals surface area contributed by atoms with Crippen molar-refractivity contribution in [1.82, 2.24) is 5.32 Å². The minimum absolute atomic E-state index is 0.0222. The zero-order valence-electron chi connectivity index (χ0n) is 9.71. The number of carbonyl (C=O) groups is 1. The van der Waals surface area contributed by atoms with Gasteiger partial charge in [0.1, 0.15) is 5.75 Å². The third kappa shape index (κ3) is 3.90. The van der Waals surface area contributed by atoms with Crippen LogP contribution in [0.3, 0.4) is 0 Å². The maximum absolute atomic E-state index is 11.5. The van der Waals surface area contributed by atoms with Gasteiger partial charge in [-0.1, -0.05) is 6.92 Å². The second-order valence-electron chi connectivity index (χ2n) is 3.65. The Balaban J connectivity index is 2.46. The number of rotatable bonds is 5. The summed E-state index contributed by atoms with van der Waals surface area (Å²) in [5.41, 5.74) is 1.47.